The number of carbonyl (C=O) groups is 2. The molecule has 3 rings (SSSR count). The molecule has 0 aliphatic carbocycles. The van der Waals surface area contributed by atoms with E-state index in [4.69, 9.17) is 9.47 Å². The summed E-state index contributed by atoms with van der Waals surface area (Å²) in [4.78, 5) is 24.7. The molecule has 0 radical (unpaired) electrons. The minimum Gasteiger partial charge on any atom is -0.489 e. The fourth-order valence-electron chi connectivity index (χ4n) is 3.05. The molecule has 2 amide bonds. The Kier molecular flexibility index (Phi) is 9.29. The normalized spacial score (nSPS) is 10.3. The highest BCUT2D eigenvalue weighted by molar-refractivity contribution is 5.96. The number of amides is 2. The second kappa shape index (κ2) is 12.9. The van der Waals surface area contributed by atoms with Gasteiger partial charge in [0.25, 0.3) is 5.91 Å². The predicted octanol–water partition coefficient (Wildman–Crippen LogP) is 4.08. The standard InChI is InChI=1S/C26H29N3O4/c1-2-32-16-17-33-24-11-7-6-10-23(24)29-25(30)19-27-22-14-12-21(13-15-22)26(31)28-18-20-8-4-3-5-9-20/h3-15,27H,2,16-19H2,1H3,(H,28,31)(H,29,30). The van der Waals surface area contributed by atoms with Crippen molar-refractivity contribution in [3.8, 4) is 5.75 Å². The molecular weight excluding hydrogens is 418 g/mol. The van der Waals surface area contributed by atoms with Gasteiger partial charge in [-0.1, -0.05) is 42.5 Å². The number of rotatable bonds is 12. The van der Waals surface area contributed by atoms with Crippen molar-refractivity contribution in [1.29, 1.82) is 0 Å². The first-order chi connectivity index (χ1) is 16.2. The maximum absolute atomic E-state index is 12.4. The highest BCUT2D eigenvalue weighted by atomic mass is 16.5. The molecule has 0 aliphatic heterocycles. The molecule has 0 saturated heterocycles. The second-order valence-corrected chi connectivity index (χ2v) is 7.19. The Morgan fingerprint density at radius 3 is 2.33 bits per heavy atom. The van der Waals surface area contributed by atoms with Crippen molar-refractivity contribution >= 4 is 23.2 Å². The summed E-state index contributed by atoms with van der Waals surface area (Å²) in [6, 6.07) is 24.0. The number of ether oxygens (including phenoxy) is 2. The Labute approximate surface area is 194 Å². The van der Waals surface area contributed by atoms with Crippen LogP contribution in [-0.2, 0) is 16.1 Å². The van der Waals surface area contributed by atoms with Gasteiger partial charge in [0.1, 0.15) is 12.4 Å². The number of hydrogen-bond acceptors (Lipinski definition) is 5. The third-order valence-corrected chi connectivity index (χ3v) is 4.75. The van der Waals surface area contributed by atoms with Gasteiger partial charge in [0, 0.05) is 24.4 Å². The van der Waals surface area contributed by atoms with Crippen molar-refractivity contribution in [2.45, 2.75) is 13.5 Å². The minimum atomic E-state index is -0.208. The van der Waals surface area contributed by atoms with E-state index in [0.717, 1.165) is 11.3 Å². The quantitative estimate of drug-likeness (QED) is 0.364. The summed E-state index contributed by atoms with van der Waals surface area (Å²) in [5.41, 5.74) is 2.94. The van der Waals surface area contributed by atoms with Crippen LogP contribution < -0.4 is 20.7 Å². The summed E-state index contributed by atoms with van der Waals surface area (Å²) < 4.78 is 11.0. The van der Waals surface area contributed by atoms with Crippen LogP contribution in [0, 0.1) is 0 Å². The van der Waals surface area contributed by atoms with E-state index in [1.807, 2.05) is 49.4 Å². The molecule has 0 heterocycles. The van der Waals surface area contributed by atoms with Gasteiger partial charge in [0.15, 0.2) is 0 Å². The highest BCUT2D eigenvalue weighted by Crippen LogP contribution is 2.23. The zero-order chi connectivity index (χ0) is 23.3. The van der Waals surface area contributed by atoms with Crippen molar-refractivity contribution in [3.63, 3.8) is 0 Å². The third-order valence-electron chi connectivity index (χ3n) is 4.75. The number of carbonyl (C=O) groups excluding carboxylic acids is 2. The maximum Gasteiger partial charge on any atom is 0.251 e. The van der Waals surface area contributed by atoms with E-state index in [2.05, 4.69) is 16.0 Å². The summed E-state index contributed by atoms with van der Waals surface area (Å²) in [5.74, 6) is 0.237. The molecular formula is C26H29N3O4. The van der Waals surface area contributed by atoms with E-state index in [1.54, 1.807) is 36.4 Å². The molecule has 0 fully saturated rings. The van der Waals surface area contributed by atoms with Crippen molar-refractivity contribution in [3.05, 3.63) is 90.0 Å². The van der Waals surface area contributed by atoms with Crippen molar-refractivity contribution in [2.75, 3.05) is 37.0 Å². The molecule has 3 N–H and O–H groups in total. The molecule has 3 aromatic rings. The second-order valence-electron chi connectivity index (χ2n) is 7.19. The first kappa shape index (κ1) is 23.8. The fourth-order valence-corrected chi connectivity index (χ4v) is 3.05. The Hall–Kier alpha value is -3.84. The van der Waals surface area contributed by atoms with Crippen molar-refractivity contribution in [1.82, 2.24) is 5.32 Å². The lowest BCUT2D eigenvalue weighted by molar-refractivity contribution is -0.114. The third kappa shape index (κ3) is 7.97. The Balaban J connectivity index is 1.45. The van der Waals surface area contributed by atoms with Crippen LogP contribution in [0.25, 0.3) is 0 Å². The minimum absolute atomic E-state index is 0.0762. The molecule has 0 bridgehead atoms. The van der Waals surface area contributed by atoms with Crippen LogP contribution in [0.2, 0.25) is 0 Å². The Bertz CT molecular complexity index is 1020. The molecule has 172 valence electrons. The van der Waals surface area contributed by atoms with Crippen LogP contribution >= 0.6 is 0 Å². The first-order valence-electron chi connectivity index (χ1n) is 10.9. The number of hydrogen-bond donors (Lipinski definition) is 3. The van der Waals surface area contributed by atoms with Crippen molar-refractivity contribution in [2.24, 2.45) is 0 Å². The van der Waals surface area contributed by atoms with E-state index in [1.165, 1.54) is 0 Å². The maximum atomic E-state index is 12.4. The van der Waals surface area contributed by atoms with Gasteiger partial charge in [0.05, 0.1) is 18.8 Å². The molecule has 0 aliphatic rings. The Morgan fingerprint density at radius 2 is 1.58 bits per heavy atom. The van der Waals surface area contributed by atoms with Gasteiger partial charge in [-0.25, -0.2) is 0 Å². The van der Waals surface area contributed by atoms with E-state index >= 15 is 0 Å². The Morgan fingerprint density at radius 1 is 0.848 bits per heavy atom. The molecule has 0 aromatic heterocycles. The van der Waals surface area contributed by atoms with Gasteiger partial charge in [-0.05, 0) is 48.9 Å². The molecule has 0 atom stereocenters. The van der Waals surface area contributed by atoms with E-state index in [-0.39, 0.29) is 18.4 Å². The molecule has 3 aromatic carbocycles. The molecule has 7 nitrogen and oxygen atoms in total. The van der Waals surface area contributed by atoms with Crippen LogP contribution in [0.4, 0.5) is 11.4 Å². The van der Waals surface area contributed by atoms with Gasteiger partial charge in [-0.3, -0.25) is 9.59 Å². The number of benzene rings is 3. The summed E-state index contributed by atoms with van der Waals surface area (Å²) in [7, 11) is 0. The summed E-state index contributed by atoms with van der Waals surface area (Å²) >= 11 is 0. The topological polar surface area (TPSA) is 88.7 Å². The van der Waals surface area contributed by atoms with Crippen LogP contribution in [0.1, 0.15) is 22.8 Å². The van der Waals surface area contributed by atoms with Crippen molar-refractivity contribution < 1.29 is 19.1 Å². The van der Waals surface area contributed by atoms with E-state index < -0.39 is 0 Å². The van der Waals surface area contributed by atoms with Crippen LogP contribution in [0.3, 0.4) is 0 Å². The largest absolute Gasteiger partial charge is 0.489 e. The van der Waals surface area contributed by atoms with Crippen LogP contribution in [-0.4, -0.2) is 38.2 Å². The summed E-state index contributed by atoms with van der Waals surface area (Å²) in [5, 5.41) is 8.81. The predicted molar refractivity (Wildman–Crippen MR) is 130 cm³/mol. The highest BCUT2D eigenvalue weighted by Gasteiger charge is 2.09. The lowest BCUT2D eigenvalue weighted by atomic mass is 10.1. The SMILES string of the molecule is CCOCCOc1ccccc1NC(=O)CNc1ccc(C(=O)NCc2ccccc2)cc1. The molecule has 7 heteroatoms. The van der Waals surface area contributed by atoms with Gasteiger partial charge in [-0.15, -0.1) is 0 Å². The van der Waals surface area contributed by atoms with E-state index in [9.17, 15) is 9.59 Å². The fraction of sp³-hybridized carbons (Fsp3) is 0.231. The molecule has 33 heavy (non-hydrogen) atoms. The van der Waals surface area contributed by atoms with Crippen LogP contribution in [0.5, 0.6) is 5.75 Å². The summed E-state index contributed by atoms with van der Waals surface area (Å²) in [6.45, 7) is 4.00. The smallest absolute Gasteiger partial charge is 0.251 e. The zero-order valence-electron chi connectivity index (χ0n) is 18.7. The number of para-hydroxylation sites is 2. The van der Waals surface area contributed by atoms with Gasteiger partial charge in [-0.2, -0.15) is 0 Å². The van der Waals surface area contributed by atoms with Crippen LogP contribution in [0.15, 0.2) is 78.9 Å². The van der Waals surface area contributed by atoms with Gasteiger partial charge < -0.3 is 25.4 Å². The van der Waals surface area contributed by atoms with E-state index in [0.29, 0.717) is 43.4 Å². The number of anilines is 2. The average Bonchev–Trinajstić information content (AvgIpc) is 2.86. The number of nitrogens with one attached hydrogen (secondary N) is 3. The molecule has 0 unspecified atom stereocenters. The first-order valence-corrected chi connectivity index (χ1v) is 10.9. The molecule has 0 saturated carbocycles. The summed E-state index contributed by atoms with van der Waals surface area (Å²) in [6.07, 6.45) is 0. The van der Waals surface area contributed by atoms with Gasteiger partial charge in [0.2, 0.25) is 5.91 Å². The van der Waals surface area contributed by atoms with Gasteiger partial charge >= 0.3 is 0 Å². The lowest BCUT2D eigenvalue weighted by Crippen LogP contribution is -2.23. The monoisotopic (exact) mass is 447 g/mol. The molecule has 0 spiro atoms. The average molecular weight is 448 g/mol. The zero-order valence-corrected chi connectivity index (χ0v) is 18.7. The lowest BCUT2D eigenvalue weighted by Gasteiger charge is -2.13.